The third kappa shape index (κ3) is 1.76. The van der Waals surface area contributed by atoms with Crippen LogP contribution in [-0.4, -0.2) is 23.5 Å². The molecule has 1 unspecified atom stereocenters. The molecule has 0 amide bonds. The standard InChI is InChI=1S/C8H10NO2/c9-7(5-10)8(11)6-3-1-2-4-6/h1-4,7,10H,5,9H2. The van der Waals surface area contributed by atoms with E-state index in [4.69, 9.17) is 10.8 Å². The molecule has 1 atom stereocenters. The number of ketones is 1. The summed E-state index contributed by atoms with van der Waals surface area (Å²) in [5.74, 6) is -0.211. The zero-order valence-corrected chi connectivity index (χ0v) is 6.03. The second kappa shape index (κ2) is 3.46. The van der Waals surface area contributed by atoms with Crippen molar-refractivity contribution in [2.24, 2.45) is 5.73 Å². The van der Waals surface area contributed by atoms with E-state index in [9.17, 15) is 4.79 Å². The fourth-order valence-electron chi connectivity index (χ4n) is 0.835. The maximum Gasteiger partial charge on any atom is 0.178 e. The summed E-state index contributed by atoms with van der Waals surface area (Å²) in [5.41, 5.74) is 5.87. The van der Waals surface area contributed by atoms with Gasteiger partial charge in [0.2, 0.25) is 0 Å². The van der Waals surface area contributed by atoms with E-state index in [1.165, 1.54) is 0 Å². The highest BCUT2D eigenvalue weighted by Crippen LogP contribution is 2.10. The molecule has 0 aromatic carbocycles. The van der Waals surface area contributed by atoms with Crippen LogP contribution in [0.1, 0.15) is 0 Å². The molecule has 0 saturated carbocycles. The van der Waals surface area contributed by atoms with E-state index >= 15 is 0 Å². The summed E-state index contributed by atoms with van der Waals surface area (Å²) >= 11 is 0. The highest BCUT2D eigenvalue weighted by atomic mass is 16.3. The number of hydrogen-bond acceptors (Lipinski definition) is 3. The first-order valence-corrected chi connectivity index (χ1v) is 3.38. The van der Waals surface area contributed by atoms with Crippen molar-refractivity contribution in [1.29, 1.82) is 0 Å². The summed E-state index contributed by atoms with van der Waals surface area (Å²) in [6, 6.07) is -0.780. The van der Waals surface area contributed by atoms with E-state index in [1.807, 2.05) is 0 Å². The lowest BCUT2D eigenvalue weighted by molar-refractivity contribution is -0.117. The number of nitrogens with two attached hydrogens (primary N) is 1. The molecule has 1 rings (SSSR count). The molecule has 0 heterocycles. The number of carbonyl (C=O) groups excluding carboxylic acids is 1. The van der Waals surface area contributed by atoms with Gasteiger partial charge in [-0.2, -0.15) is 0 Å². The van der Waals surface area contributed by atoms with Gasteiger partial charge in [0.1, 0.15) is 0 Å². The van der Waals surface area contributed by atoms with Gasteiger partial charge in [0, 0.05) is 12.0 Å². The van der Waals surface area contributed by atoms with Crippen molar-refractivity contribution < 1.29 is 9.90 Å². The molecule has 0 bridgehead atoms. The summed E-state index contributed by atoms with van der Waals surface area (Å²) in [6.45, 7) is -0.302. The van der Waals surface area contributed by atoms with E-state index in [2.05, 4.69) is 0 Å². The van der Waals surface area contributed by atoms with Gasteiger partial charge in [-0.25, -0.2) is 0 Å². The number of aliphatic hydroxyl groups excluding tert-OH is 1. The number of Topliss-reactive ketones (excluding diaryl/α,β-unsaturated/α-hetero) is 1. The zero-order valence-electron chi connectivity index (χ0n) is 6.03. The normalized spacial score (nSPS) is 18.2. The molecule has 0 spiro atoms. The second-order valence-corrected chi connectivity index (χ2v) is 2.33. The number of allylic oxidation sites excluding steroid dienone is 3. The zero-order chi connectivity index (χ0) is 8.27. The summed E-state index contributed by atoms with van der Waals surface area (Å²) < 4.78 is 0. The second-order valence-electron chi connectivity index (χ2n) is 2.33. The Balaban J connectivity index is 2.55. The van der Waals surface area contributed by atoms with Gasteiger partial charge in [-0.3, -0.25) is 4.79 Å². The average molecular weight is 152 g/mol. The first-order chi connectivity index (χ1) is 5.25. The van der Waals surface area contributed by atoms with Crippen molar-refractivity contribution >= 4 is 5.78 Å². The molecule has 0 aromatic rings. The number of aliphatic hydroxyl groups is 1. The SMILES string of the molecule is NC(CO)C(=O)C1=CC=C[CH]1. The van der Waals surface area contributed by atoms with Gasteiger partial charge in [0.05, 0.1) is 12.6 Å². The topological polar surface area (TPSA) is 63.3 Å². The Morgan fingerprint density at radius 1 is 1.64 bits per heavy atom. The van der Waals surface area contributed by atoms with Crippen LogP contribution in [0.5, 0.6) is 0 Å². The summed E-state index contributed by atoms with van der Waals surface area (Å²) in [7, 11) is 0. The van der Waals surface area contributed by atoms with E-state index in [-0.39, 0.29) is 12.4 Å². The molecule has 0 aromatic heterocycles. The molecular weight excluding hydrogens is 142 g/mol. The number of carbonyl (C=O) groups is 1. The Bertz CT molecular complexity index is 218. The molecule has 0 aliphatic heterocycles. The highest BCUT2D eigenvalue weighted by molar-refractivity contribution is 6.02. The third-order valence-corrected chi connectivity index (χ3v) is 1.48. The van der Waals surface area contributed by atoms with Crippen LogP contribution in [0, 0.1) is 6.42 Å². The first-order valence-electron chi connectivity index (χ1n) is 3.38. The predicted molar refractivity (Wildman–Crippen MR) is 41.6 cm³/mol. The van der Waals surface area contributed by atoms with Crippen LogP contribution < -0.4 is 5.73 Å². The Kier molecular flexibility index (Phi) is 2.57. The van der Waals surface area contributed by atoms with E-state index in [0.29, 0.717) is 5.57 Å². The Hall–Kier alpha value is -0.930. The summed E-state index contributed by atoms with van der Waals surface area (Å²) in [4.78, 5) is 11.2. The monoisotopic (exact) mass is 152 g/mol. The third-order valence-electron chi connectivity index (χ3n) is 1.48. The Labute approximate surface area is 65.2 Å². The minimum absolute atomic E-state index is 0.211. The largest absolute Gasteiger partial charge is 0.394 e. The van der Waals surface area contributed by atoms with Crippen LogP contribution in [0.2, 0.25) is 0 Å². The highest BCUT2D eigenvalue weighted by Gasteiger charge is 2.17. The summed E-state index contributed by atoms with van der Waals surface area (Å²) in [5, 5.41) is 8.56. The van der Waals surface area contributed by atoms with Crippen LogP contribution >= 0.6 is 0 Å². The van der Waals surface area contributed by atoms with Crippen molar-refractivity contribution in [3.8, 4) is 0 Å². The van der Waals surface area contributed by atoms with Crippen LogP contribution in [0.15, 0.2) is 23.8 Å². The van der Waals surface area contributed by atoms with E-state index < -0.39 is 6.04 Å². The molecule has 1 radical (unpaired) electrons. The van der Waals surface area contributed by atoms with Gasteiger partial charge >= 0.3 is 0 Å². The van der Waals surface area contributed by atoms with Gasteiger partial charge in [-0.1, -0.05) is 18.2 Å². The lowest BCUT2D eigenvalue weighted by Gasteiger charge is -2.06. The molecule has 3 nitrogen and oxygen atoms in total. The van der Waals surface area contributed by atoms with Crippen molar-refractivity contribution in [1.82, 2.24) is 0 Å². The van der Waals surface area contributed by atoms with Crippen LogP contribution in [0.4, 0.5) is 0 Å². The fraction of sp³-hybridized carbons (Fsp3) is 0.250. The van der Waals surface area contributed by atoms with Crippen LogP contribution in [0.25, 0.3) is 0 Å². The molecule has 0 fully saturated rings. The smallest absolute Gasteiger partial charge is 0.178 e. The predicted octanol–water partition coefficient (Wildman–Crippen LogP) is -0.424. The van der Waals surface area contributed by atoms with E-state index in [0.717, 1.165) is 0 Å². The number of hydrogen-bond donors (Lipinski definition) is 2. The van der Waals surface area contributed by atoms with Gasteiger partial charge in [-0.15, -0.1) is 0 Å². The molecule has 0 saturated heterocycles. The van der Waals surface area contributed by atoms with Gasteiger partial charge < -0.3 is 10.8 Å². The summed E-state index contributed by atoms with van der Waals surface area (Å²) in [6.07, 6.45) is 6.88. The lowest BCUT2D eigenvalue weighted by atomic mass is 10.1. The van der Waals surface area contributed by atoms with Crippen molar-refractivity contribution in [3.05, 3.63) is 30.2 Å². The molecule has 3 heteroatoms. The molecular formula is C8H10NO2. The maximum absolute atomic E-state index is 11.2. The van der Waals surface area contributed by atoms with E-state index in [1.54, 1.807) is 24.6 Å². The van der Waals surface area contributed by atoms with Gasteiger partial charge in [0.25, 0.3) is 0 Å². The van der Waals surface area contributed by atoms with Crippen molar-refractivity contribution in [2.75, 3.05) is 6.61 Å². The van der Waals surface area contributed by atoms with Crippen LogP contribution in [0.3, 0.4) is 0 Å². The Morgan fingerprint density at radius 2 is 2.36 bits per heavy atom. The molecule has 1 aliphatic rings. The average Bonchev–Trinajstić information content (AvgIpc) is 2.53. The lowest BCUT2D eigenvalue weighted by Crippen LogP contribution is -2.34. The van der Waals surface area contributed by atoms with Gasteiger partial charge in [-0.05, 0) is 0 Å². The molecule has 1 aliphatic carbocycles. The minimum atomic E-state index is -0.780. The molecule has 3 N–H and O–H groups in total. The van der Waals surface area contributed by atoms with Crippen LogP contribution in [-0.2, 0) is 4.79 Å². The fourth-order valence-corrected chi connectivity index (χ4v) is 0.835. The number of rotatable bonds is 3. The van der Waals surface area contributed by atoms with Crippen molar-refractivity contribution in [3.63, 3.8) is 0 Å². The molecule has 59 valence electrons. The van der Waals surface area contributed by atoms with Gasteiger partial charge in [0.15, 0.2) is 5.78 Å². The quantitative estimate of drug-likeness (QED) is 0.577. The maximum atomic E-state index is 11.2. The minimum Gasteiger partial charge on any atom is -0.394 e. The molecule has 11 heavy (non-hydrogen) atoms. The first kappa shape index (κ1) is 8.17. The Morgan fingerprint density at radius 3 is 2.82 bits per heavy atom. The van der Waals surface area contributed by atoms with Crippen molar-refractivity contribution in [2.45, 2.75) is 6.04 Å².